The van der Waals surface area contributed by atoms with Gasteiger partial charge in [0.15, 0.2) is 12.4 Å². The molecule has 0 bridgehead atoms. The van der Waals surface area contributed by atoms with Gasteiger partial charge in [0.2, 0.25) is 5.91 Å². The smallest absolute Gasteiger partial charge is 0.262 e. The number of Topliss-reactive ketones (excluding diaryl/α,β-unsaturated/α-hetero) is 1. The predicted molar refractivity (Wildman–Crippen MR) is 111 cm³/mol. The van der Waals surface area contributed by atoms with Crippen molar-refractivity contribution in [1.29, 1.82) is 0 Å². The van der Waals surface area contributed by atoms with Crippen molar-refractivity contribution < 1.29 is 23.9 Å². The zero-order chi connectivity index (χ0) is 20.9. The van der Waals surface area contributed by atoms with Crippen LogP contribution in [0.25, 0.3) is 0 Å². The van der Waals surface area contributed by atoms with Crippen molar-refractivity contribution in [2.24, 2.45) is 5.92 Å². The van der Waals surface area contributed by atoms with Crippen molar-refractivity contribution in [2.75, 3.05) is 31.6 Å². The molecule has 0 aliphatic carbocycles. The van der Waals surface area contributed by atoms with Crippen molar-refractivity contribution in [3.8, 4) is 11.5 Å². The van der Waals surface area contributed by atoms with Crippen molar-refractivity contribution in [3.05, 3.63) is 54.1 Å². The zero-order valence-corrected chi connectivity index (χ0v) is 16.6. The van der Waals surface area contributed by atoms with Crippen LogP contribution in [0.5, 0.6) is 11.5 Å². The highest BCUT2D eigenvalue weighted by atomic mass is 16.5. The first-order valence-electron chi connectivity index (χ1n) is 10.2. The number of hydrogen-bond acceptors (Lipinski definition) is 5. The zero-order valence-electron chi connectivity index (χ0n) is 16.6. The molecule has 2 aliphatic rings. The first kappa shape index (κ1) is 19.9. The van der Waals surface area contributed by atoms with Crippen LogP contribution in [-0.2, 0) is 9.59 Å². The van der Waals surface area contributed by atoms with E-state index in [4.69, 9.17) is 9.47 Å². The number of hydrogen-bond donors (Lipinski definition) is 1. The van der Waals surface area contributed by atoms with Crippen LogP contribution < -0.4 is 14.8 Å². The van der Waals surface area contributed by atoms with E-state index in [2.05, 4.69) is 5.32 Å². The molecule has 2 aromatic rings. The quantitative estimate of drug-likeness (QED) is 0.743. The molecule has 2 aliphatic heterocycles. The number of nitrogens with one attached hydrogen (secondary N) is 1. The third kappa shape index (κ3) is 4.62. The fourth-order valence-electron chi connectivity index (χ4n) is 3.79. The number of ether oxygens (including phenoxy) is 2. The molecule has 0 spiro atoms. The van der Waals surface area contributed by atoms with Gasteiger partial charge in [0, 0.05) is 24.6 Å². The second-order valence-electron chi connectivity index (χ2n) is 7.48. The number of piperidine rings is 1. The highest BCUT2D eigenvalue weighted by molar-refractivity contribution is 6.01. The van der Waals surface area contributed by atoms with E-state index in [0.29, 0.717) is 56.0 Å². The minimum Gasteiger partial charge on any atom is -0.493 e. The van der Waals surface area contributed by atoms with E-state index in [1.165, 1.54) is 0 Å². The van der Waals surface area contributed by atoms with Crippen molar-refractivity contribution in [1.82, 2.24) is 4.90 Å². The highest BCUT2D eigenvalue weighted by Gasteiger charge is 2.28. The van der Waals surface area contributed by atoms with Gasteiger partial charge in [-0.2, -0.15) is 0 Å². The largest absolute Gasteiger partial charge is 0.493 e. The van der Waals surface area contributed by atoms with E-state index in [9.17, 15) is 14.4 Å². The van der Waals surface area contributed by atoms with Crippen LogP contribution >= 0.6 is 0 Å². The van der Waals surface area contributed by atoms with E-state index in [1.807, 2.05) is 30.3 Å². The van der Waals surface area contributed by atoms with Crippen molar-refractivity contribution >= 4 is 23.3 Å². The molecule has 0 saturated carbocycles. The Labute approximate surface area is 175 Å². The summed E-state index contributed by atoms with van der Waals surface area (Å²) in [6.45, 7) is 1.45. The first-order valence-corrected chi connectivity index (χ1v) is 10.2. The minimum absolute atomic E-state index is 0.0107. The highest BCUT2D eigenvalue weighted by Crippen LogP contribution is 2.31. The van der Waals surface area contributed by atoms with Gasteiger partial charge in [-0.05, 0) is 43.2 Å². The Morgan fingerprint density at radius 3 is 2.63 bits per heavy atom. The second-order valence-corrected chi connectivity index (χ2v) is 7.48. The molecule has 0 atom stereocenters. The molecule has 0 unspecified atom stereocenters. The molecule has 7 nitrogen and oxygen atoms in total. The fraction of sp³-hybridized carbons (Fsp3) is 0.348. The molecule has 1 fully saturated rings. The average Bonchev–Trinajstić information content (AvgIpc) is 2.79. The summed E-state index contributed by atoms with van der Waals surface area (Å²) in [5, 5.41) is 2.73. The standard InChI is InChI=1S/C23H24N2O5/c26-21-15-30-20-7-6-17(14-19(20)24-21)23(28)16-8-11-25(12-9-16)22(27)10-13-29-18-4-2-1-3-5-18/h1-7,14,16H,8-13,15H2,(H,24,26). The Morgan fingerprint density at radius 1 is 1.10 bits per heavy atom. The lowest BCUT2D eigenvalue weighted by Gasteiger charge is -2.31. The van der Waals surface area contributed by atoms with Gasteiger partial charge in [0.25, 0.3) is 5.91 Å². The van der Waals surface area contributed by atoms with Gasteiger partial charge in [-0.25, -0.2) is 0 Å². The predicted octanol–water partition coefficient (Wildman–Crippen LogP) is 2.91. The monoisotopic (exact) mass is 408 g/mol. The van der Waals surface area contributed by atoms with Crippen LogP contribution in [0.15, 0.2) is 48.5 Å². The normalized spacial score (nSPS) is 16.3. The van der Waals surface area contributed by atoms with Gasteiger partial charge in [-0.15, -0.1) is 0 Å². The lowest BCUT2D eigenvalue weighted by atomic mass is 9.88. The summed E-state index contributed by atoms with van der Waals surface area (Å²) in [4.78, 5) is 38.6. The van der Waals surface area contributed by atoms with Gasteiger partial charge in [-0.1, -0.05) is 18.2 Å². The SMILES string of the molecule is O=C1COc2ccc(C(=O)C3CCN(C(=O)CCOc4ccccc4)CC3)cc2N1. The van der Waals surface area contributed by atoms with Gasteiger partial charge in [-0.3, -0.25) is 14.4 Å². The summed E-state index contributed by atoms with van der Waals surface area (Å²) in [5.41, 5.74) is 1.09. The summed E-state index contributed by atoms with van der Waals surface area (Å²) in [6.07, 6.45) is 1.58. The van der Waals surface area contributed by atoms with Crippen LogP contribution in [0.4, 0.5) is 5.69 Å². The molecule has 0 aromatic heterocycles. The fourth-order valence-corrected chi connectivity index (χ4v) is 3.79. The molecule has 4 rings (SSSR count). The number of carbonyl (C=O) groups is 3. The third-order valence-electron chi connectivity index (χ3n) is 5.44. The molecule has 0 radical (unpaired) electrons. The van der Waals surface area contributed by atoms with Crippen LogP contribution in [0.2, 0.25) is 0 Å². The van der Waals surface area contributed by atoms with Crippen LogP contribution in [-0.4, -0.2) is 48.8 Å². The molecule has 1 saturated heterocycles. The Kier molecular flexibility index (Phi) is 5.97. The second kappa shape index (κ2) is 8.98. The summed E-state index contributed by atoms with van der Waals surface area (Å²) in [5.74, 6) is 1.05. The maximum atomic E-state index is 12.9. The molecule has 2 heterocycles. The number of anilines is 1. The van der Waals surface area contributed by atoms with Crippen LogP contribution in [0.1, 0.15) is 29.6 Å². The first-order chi connectivity index (χ1) is 14.6. The number of nitrogens with zero attached hydrogens (tertiary/aromatic N) is 1. The summed E-state index contributed by atoms with van der Waals surface area (Å²) in [6, 6.07) is 14.5. The average molecular weight is 408 g/mol. The Hall–Kier alpha value is -3.35. The van der Waals surface area contributed by atoms with Gasteiger partial charge in [0.05, 0.1) is 18.7 Å². The number of rotatable bonds is 6. The Balaban J connectivity index is 1.27. The number of carbonyl (C=O) groups excluding carboxylic acids is 3. The molecule has 7 heteroatoms. The number of ketones is 1. The summed E-state index contributed by atoms with van der Waals surface area (Å²) < 4.78 is 10.9. The lowest BCUT2D eigenvalue weighted by Crippen LogP contribution is -2.40. The van der Waals surface area contributed by atoms with E-state index < -0.39 is 0 Å². The van der Waals surface area contributed by atoms with Crippen LogP contribution in [0.3, 0.4) is 0 Å². The maximum Gasteiger partial charge on any atom is 0.262 e. The Morgan fingerprint density at radius 2 is 1.87 bits per heavy atom. The lowest BCUT2D eigenvalue weighted by molar-refractivity contribution is -0.133. The number of fused-ring (bicyclic) bond motifs is 1. The number of benzene rings is 2. The maximum absolute atomic E-state index is 12.9. The van der Waals surface area contributed by atoms with E-state index in [0.717, 1.165) is 5.75 Å². The molecular formula is C23H24N2O5. The molecule has 2 amide bonds. The van der Waals surface area contributed by atoms with E-state index in [-0.39, 0.29) is 30.1 Å². The number of amides is 2. The molecular weight excluding hydrogens is 384 g/mol. The molecule has 1 N–H and O–H groups in total. The minimum atomic E-state index is -0.227. The number of likely N-dealkylation sites (tertiary alicyclic amines) is 1. The molecule has 2 aromatic carbocycles. The van der Waals surface area contributed by atoms with E-state index in [1.54, 1.807) is 23.1 Å². The Bertz CT molecular complexity index is 936. The number of para-hydroxylation sites is 1. The topological polar surface area (TPSA) is 84.9 Å². The van der Waals surface area contributed by atoms with E-state index >= 15 is 0 Å². The third-order valence-corrected chi connectivity index (χ3v) is 5.44. The molecule has 30 heavy (non-hydrogen) atoms. The molecule has 156 valence electrons. The van der Waals surface area contributed by atoms with Crippen molar-refractivity contribution in [3.63, 3.8) is 0 Å². The van der Waals surface area contributed by atoms with Gasteiger partial charge in [0.1, 0.15) is 11.5 Å². The van der Waals surface area contributed by atoms with Crippen LogP contribution in [0, 0.1) is 5.92 Å². The van der Waals surface area contributed by atoms with Crippen molar-refractivity contribution in [2.45, 2.75) is 19.3 Å². The summed E-state index contributed by atoms with van der Waals surface area (Å²) >= 11 is 0. The van der Waals surface area contributed by atoms with Gasteiger partial charge >= 0.3 is 0 Å². The summed E-state index contributed by atoms with van der Waals surface area (Å²) in [7, 11) is 0. The van der Waals surface area contributed by atoms with Gasteiger partial charge < -0.3 is 19.7 Å².